The molecule has 0 saturated heterocycles. The first-order chi connectivity index (χ1) is 10.3. The van der Waals surface area contributed by atoms with Crippen LogP contribution >= 0.6 is 12.2 Å². The van der Waals surface area contributed by atoms with Crippen LogP contribution in [0.4, 0.5) is 0 Å². The lowest BCUT2D eigenvalue weighted by atomic mass is 10.1. The van der Waals surface area contributed by atoms with Crippen LogP contribution in [0.5, 0.6) is 5.75 Å². The molecule has 0 amide bonds. The summed E-state index contributed by atoms with van der Waals surface area (Å²) in [7, 11) is 0. The molecule has 0 unspecified atom stereocenters. The SMILES string of the molecule is CCCCCCCCOc1ccc(-n2cn[nH]c2=S)cc1. The molecule has 21 heavy (non-hydrogen) atoms. The molecule has 1 N–H and O–H groups in total. The van der Waals surface area contributed by atoms with Gasteiger partial charge in [0, 0.05) is 5.69 Å². The summed E-state index contributed by atoms with van der Waals surface area (Å²) < 4.78 is 8.18. The Hall–Kier alpha value is -1.62. The van der Waals surface area contributed by atoms with Crippen molar-refractivity contribution in [2.24, 2.45) is 0 Å². The number of nitrogens with one attached hydrogen (secondary N) is 1. The van der Waals surface area contributed by atoms with E-state index in [4.69, 9.17) is 17.0 Å². The van der Waals surface area contributed by atoms with Crippen LogP contribution in [0.1, 0.15) is 45.4 Å². The summed E-state index contributed by atoms with van der Waals surface area (Å²) >= 11 is 5.14. The van der Waals surface area contributed by atoms with Crippen molar-refractivity contribution < 1.29 is 4.74 Å². The molecule has 1 aromatic heterocycles. The van der Waals surface area contributed by atoms with Gasteiger partial charge in [-0.2, -0.15) is 5.10 Å². The van der Waals surface area contributed by atoms with Gasteiger partial charge in [0.05, 0.1) is 6.61 Å². The van der Waals surface area contributed by atoms with E-state index >= 15 is 0 Å². The molecular formula is C16H23N3OS. The summed E-state index contributed by atoms with van der Waals surface area (Å²) in [4.78, 5) is 0. The van der Waals surface area contributed by atoms with E-state index in [0.717, 1.165) is 24.5 Å². The molecule has 0 atom stereocenters. The van der Waals surface area contributed by atoms with Crippen molar-refractivity contribution in [3.63, 3.8) is 0 Å². The Morgan fingerprint density at radius 3 is 2.48 bits per heavy atom. The minimum Gasteiger partial charge on any atom is -0.494 e. The highest BCUT2D eigenvalue weighted by molar-refractivity contribution is 7.71. The molecular weight excluding hydrogens is 282 g/mol. The Balaban J connectivity index is 1.73. The normalized spacial score (nSPS) is 10.7. The fourth-order valence-corrected chi connectivity index (χ4v) is 2.41. The quantitative estimate of drug-likeness (QED) is 0.541. The number of H-pyrrole nitrogens is 1. The summed E-state index contributed by atoms with van der Waals surface area (Å²) in [6, 6.07) is 7.92. The molecule has 5 heteroatoms. The zero-order valence-corrected chi connectivity index (χ0v) is 13.4. The number of aromatic nitrogens is 3. The molecule has 0 bridgehead atoms. The van der Waals surface area contributed by atoms with Crippen LogP contribution in [-0.4, -0.2) is 21.4 Å². The number of unbranched alkanes of at least 4 members (excludes halogenated alkanes) is 5. The van der Waals surface area contributed by atoms with Gasteiger partial charge >= 0.3 is 0 Å². The molecule has 4 nitrogen and oxygen atoms in total. The molecule has 1 aromatic carbocycles. The van der Waals surface area contributed by atoms with Crippen LogP contribution in [0.25, 0.3) is 5.69 Å². The first-order valence-corrected chi connectivity index (χ1v) is 8.07. The second-order valence-electron chi connectivity index (χ2n) is 5.14. The van der Waals surface area contributed by atoms with Gasteiger partial charge < -0.3 is 4.74 Å². The fraction of sp³-hybridized carbons (Fsp3) is 0.500. The zero-order valence-electron chi connectivity index (χ0n) is 12.5. The van der Waals surface area contributed by atoms with E-state index in [1.807, 2.05) is 28.8 Å². The molecule has 0 spiro atoms. The first kappa shape index (κ1) is 15.8. The van der Waals surface area contributed by atoms with Crippen molar-refractivity contribution in [3.05, 3.63) is 35.4 Å². The number of hydrogen-bond donors (Lipinski definition) is 1. The van der Waals surface area contributed by atoms with E-state index in [-0.39, 0.29) is 0 Å². The van der Waals surface area contributed by atoms with Crippen LogP contribution in [0.2, 0.25) is 0 Å². The third-order valence-electron chi connectivity index (χ3n) is 3.43. The lowest BCUT2D eigenvalue weighted by Crippen LogP contribution is -1.98. The van der Waals surface area contributed by atoms with Gasteiger partial charge in [-0.1, -0.05) is 39.0 Å². The molecule has 0 radical (unpaired) electrons. The van der Waals surface area contributed by atoms with Gasteiger partial charge in [-0.05, 0) is 42.9 Å². The zero-order chi connectivity index (χ0) is 14.9. The van der Waals surface area contributed by atoms with Gasteiger partial charge in [-0.25, -0.2) is 0 Å². The number of ether oxygens (including phenoxy) is 1. The number of hydrogen-bond acceptors (Lipinski definition) is 3. The molecule has 2 aromatic rings. The van der Waals surface area contributed by atoms with Gasteiger partial charge in [0.2, 0.25) is 0 Å². The van der Waals surface area contributed by atoms with Crippen LogP contribution in [-0.2, 0) is 0 Å². The maximum absolute atomic E-state index is 5.76. The van der Waals surface area contributed by atoms with Gasteiger partial charge in [-0.3, -0.25) is 9.67 Å². The fourth-order valence-electron chi connectivity index (χ4n) is 2.21. The molecule has 0 aliphatic heterocycles. The smallest absolute Gasteiger partial charge is 0.199 e. The molecule has 0 fully saturated rings. The Bertz CT molecular complexity index is 574. The van der Waals surface area contributed by atoms with Crippen molar-refractivity contribution in [2.75, 3.05) is 6.61 Å². The second kappa shape index (κ2) is 8.62. The predicted molar refractivity (Wildman–Crippen MR) is 87.6 cm³/mol. The molecule has 2 rings (SSSR count). The van der Waals surface area contributed by atoms with Crippen LogP contribution in [0, 0.1) is 4.77 Å². The summed E-state index contributed by atoms with van der Waals surface area (Å²) in [5.41, 5.74) is 0.987. The molecule has 1 heterocycles. The average Bonchev–Trinajstić information content (AvgIpc) is 2.93. The number of nitrogens with zero attached hydrogens (tertiary/aromatic N) is 2. The second-order valence-corrected chi connectivity index (χ2v) is 5.53. The Labute approximate surface area is 131 Å². The Morgan fingerprint density at radius 1 is 1.10 bits per heavy atom. The number of aromatic amines is 1. The minimum absolute atomic E-state index is 0.593. The van der Waals surface area contributed by atoms with Crippen molar-refractivity contribution in [1.82, 2.24) is 14.8 Å². The summed E-state index contributed by atoms with van der Waals surface area (Å²) in [6.45, 7) is 3.03. The van der Waals surface area contributed by atoms with Crippen molar-refractivity contribution >= 4 is 12.2 Å². The lowest BCUT2D eigenvalue weighted by Gasteiger charge is -2.07. The number of rotatable bonds is 9. The average molecular weight is 305 g/mol. The van der Waals surface area contributed by atoms with Crippen molar-refractivity contribution in [1.29, 1.82) is 0 Å². The monoisotopic (exact) mass is 305 g/mol. The maximum Gasteiger partial charge on any atom is 0.199 e. The van der Waals surface area contributed by atoms with Crippen molar-refractivity contribution in [2.45, 2.75) is 45.4 Å². The highest BCUT2D eigenvalue weighted by Crippen LogP contribution is 2.16. The molecule has 0 aliphatic carbocycles. The standard InChI is InChI=1S/C16H23N3OS/c1-2-3-4-5-6-7-12-20-15-10-8-14(9-11-15)19-13-17-18-16(19)21/h8-11,13H,2-7,12H2,1H3,(H,18,21). The predicted octanol–water partition coefficient (Wildman–Crippen LogP) is 4.67. The minimum atomic E-state index is 0.593. The van der Waals surface area contributed by atoms with Crippen LogP contribution < -0.4 is 4.74 Å². The first-order valence-electron chi connectivity index (χ1n) is 7.66. The highest BCUT2D eigenvalue weighted by atomic mass is 32.1. The van der Waals surface area contributed by atoms with E-state index in [1.165, 1.54) is 32.1 Å². The van der Waals surface area contributed by atoms with Gasteiger partial charge in [0.15, 0.2) is 4.77 Å². The van der Waals surface area contributed by atoms with E-state index in [9.17, 15) is 0 Å². The van der Waals surface area contributed by atoms with Gasteiger partial charge in [-0.15, -0.1) is 0 Å². The number of benzene rings is 1. The van der Waals surface area contributed by atoms with Gasteiger partial charge in [0.25, 0.3) is 0 Å². The third-order valence-corrected chi connectivity index (χ3v) is 3.72. The van der Waals surface area contributed by atoms with E-state index in [2.05, 4.69) is 17.1 Å². The Morgan fingerprint density at radius 2 is 1.81 bits per heavy atom. The van der Waals surface area contributed by atoms with E-state index in [1.54, 1.807) is 6.33 Å². The lowest BCUT2D eigenvalue weighted by molar-refractivity contribution is 0.304. The van der Waals surface area contributed by atoms with Crippen LogP contribution in [0.3, 0.4) is 0 Å². The summed E-state index contributed by atoms with van der Waals surface area (Å²) in [6.07, 6.45) is 9.35. The van der Waals surface area contributed by atoms with Crippen LogP contribution in [0.15, 0.2) is 30.6 Å². The van der Waals surface area contributed by atoms with Gasteiger partial charge in [0.1, 0.15) is 12.1 Å². The largest absolute Gasteiger partial charge is 0.494 e. The topological polar surface area (TPSA) is 42.8 Å². The maximum atomic E-state index is 5.76. The summed E-state index contributed by atoms with van der Waals surface area (Å²) in [5, 5.41) is 6.66. The van der Waals surface area contributed by atoms with Crippen molar-refractivity contribution in [3.8, 4) is 11.4 Å². The molecule has 114 valence electrons. The Kier molecular flexibility index (Phi) is 6.47. The van der Waals surface area contributed by atoms with E-state index in [0.29, 0.717) is 4.77 Å². The highest BCUT2D eigenvalue weighted by Gasteiger charge is 1.99. The third kappa shape index (κ3) is 5.01. The molecule has 0 saturated carbocycles. The molecule has 0 aliphatic rings. The van der Waals surface area contributed by atoms with E-state index < -0.39 is 0 Å². The summed E-state index contributed by atoms with van der Waals surface area (Å²) in [5.74, 6) is 0.905.